The summed E-state index contributed by atoms with van der Waals surface area (Å²) in [5.41, 5.74) is 4.34. The summed E-state index contributed by atoms with van der Waals surface area (Å²) in [5, 5.41) is 2.41. The van der Waals surface area contributed by atoms with E-state index in [0.29, 0.717) is 11.5 Å². The van der Waals surface area contributed by atoms with Crippen molar-refractivity contribution >= 4 is 0 Å². The van der Waals surface area contributed by atoms with E-state index in [0.717, 1.165) is 24.3 Å². The number of nitrogens with zero attached hydrogens (tertiary/aromatic N) is 1. The Labute approximate surface area is 165 Å². The number of nitrogens with one attached hydrogen (secondary N) is 1. The molecule has 1 saturated carbocycles. The lowest BCUT2D eigenvalue weighted by Crippen LogP contribution is -2.45. The SMILES string of the molecule is CCCCCC(CC)CNN(C)C(C)CC(C)C1(CC)CCCC(C)C1. The van der Waals surface area contributed by atoms with Crippen LogP contribution in [-0.4, -0.2) is 24.6 Å². The summed E-state index contributed by atoms with van der Waals surface area (Å²) in [5.74, 6) is 2.57. The molecule has 0 aromatic heterocycles. The highest BCUT2D eigenvalue weighted by Gasteiger charge is 2.38. The number of rotatable bonds is 13. The molecule has 0 spiro atoms. The number of unbranched alkanes of at least 4 members (excludes halogenated alkanes) is 2. The number of hydrazine groups is 1. The second kappa shape index (κ2) is 12.4. The summed E-state index contributed by atoms with van der Waals surface area (Å²) in [7, 11) is 2.26. The van der Waals surface area contributed by atoms with Crippen LogP contribution in [0.1, 0.15) is 112 Å². The van der Waals surface area contributed by atoms with Crippen molar-refractivity contribution in [3.05, 3.63) is 0 Å². The van der Waals surface area contributed by atoms with Crippen LogP contribution in [0.4, 0.5) is 0 Å². The summed E-state index contributed by atoms with van der Waals surface area (Å²) >= 11 is 0. The zero-order valence-corrected chi connectivity index (χ0v) is 19.2. The van der Waals surface area contributed by atoms with Crippen LogP contribution < -0.4 is 5.43 Å². The van der Waals surface area contributed by atoms with Crippen LogP contribution in [0.25, 0.3) is 0 Å². The van der Waals surface area contributed by atoms with Crippen molar-refractivity contribution in [3.8, 4) is 0 Å². The van der Waals surface area contributed by atoms with Gasteiger partial charge in [-0.1, -0.05) is 79.6 Å². The Morgan fingerprint density at radius 2 is 1.88 bits per heavy atom. The molecule has 0 heterocycles. The fourth-order valence-corrected chi connectivity index (χ4v) is 5.30. The predicted octanol–water partition coefficient (Wildman–Crippen LogP) is 7.05. The standard InChI is InChI=1S/C24H50N2/c1-8-11-12-15-23(9-2)19-25-26(7)22(6)17-21(5)24(10-3)16-13-14-20(4)18-24/h20-23,25H,8-19H2,1-7H3. The molecule has 1 rings (SSSR count). The highest BCUT2D eigenvalue weighted by Crippen LogP contribution is 2.48. The normalized spacial score (nSPS) is 27.5. The van der Waals surface area contributed by atoms with Crippen LogP contribution in [0.15, 0.2) is 0 Å². The first-order valence-corrected chi connectivity index (χ1v) is 11.8. The van der Waals surface area contributed by atoms with Gasteiger partial charge in [0.2, 0.25) is 0 Å². The first-order chi connectivity index (χ1) is 12.4. The molecule has 0 aromatic rings. The van der Waals surface area contributed by atoms with E-state index in [4.69, 9.17) is 0 Å². The average Bonchev–Trinajstić information content (AvgIpc) is 2.63. The minimum absolute atomic E-state index is 0.596. The second-order valence-corrected chi connectivity index (χ2v) is 9.65. The van der Waals surface area contributed by atoms with E-state index in [2.05, 4.69) is 59.0 Å². The van der Waals surface area contributed by atoms with Gasteiger partial charge in [-0.15, -0.1) is 0 Å². The Kier molecular flexibility index (Phi) is 11.4. The van der Waals surface area contributed by atoms with Gasteiger partial charge in [0.05, 0.1) is 0 Å². The quantitative estimate of drug-likeness (QED) is 0.277. The molecule has 0 aliphatic heterocycles. The second-order valence-electron chi connectivity index (χ2n) is 9.65. The van der Waals surface area contributed by atoms with Gasteiger partial charge < -0.3 is 0 Å². The summed E-state index contributed by atoms with van der Waals surface area (Å²) in [4.78, 5) is 0. The third-order valence-electron chi connectivity index (χ3n) is 7.65. The van der Waals surface area contributed by atoms with E-state index in [-0.39, 0.29) is 0 Å². The van der Waals surface area contributed by atoms with E-state index >= 15 is 0 Å². The summed E-state index contributed by atoms with van der Waals surface area (Å²) < 4.78 is 0. The van der Waals surface area contributed by atoms with Crippen molar-refractivity contribution in [1.82, 2.24) is 10.4 Å². The van der Waals surface area contributed by atoms with E-state index < -0.39 is 0 Å². The fourth-order valence-electron chi connectivity index (χ4n) is 5.30. The molecule has 26 heavy (non-hydrogen) atoms. The van der Waals surface area contributed by atoms with Gasteiger partial charge in [-0.3, -0.25) is 5.43 Å². The minimum Gasteiger partial charge on any atom is -0.255 e. The smallest absolute Gasteiger partial charge is 0.0214 e. The van der Waals surface area contributed by atoms with Gasteiger partial charge in [0, 0.05) is 19.6 Å². The third kappa shape index (κ3) is 7.50. The molecular formula is C24H50N2. The van der Waals surface area contributed by atoms with Gasteiger partial charge in [0.1, 0.15) is 0 Å². The Bertz CT molecular complexity index is 356. The summed E-state index contributed by atoms with van der Waals surface area (Å²) in [6.07, 6.45) is 15.3. The van der Waals surface area contributed by atoms with Gasteiger partial charge in [-0.25, -0.2) is 5.01 Å². The lowest BCUT2D eigenvalue weighted by Gasteiger charge is -2.45. The van der Waals surface area contributed by atoms with Gasteiger partial charge in [0.25, 0.3) is 0 Å². The zero-order chi connectivity index (χ0) is 19.6. The molecule has 2 nitrogen and oxygen atoms in total. The van der Waals surface area contributed by atoms with E-state index in [9.17, 15) is 0 Å². The van der Waals surface area contributed by atoms with Crippen molar-refractivity contribution < 1.29 is 0 Å². The van der Waals surface area contributed by atoms with E-state index in [1.165, 1.54) is 70.6 Å². The van der Waals surface area contributed by atoms with Gasteiger partial charge in [-0.2, -0.15) is 0 Å². The molecule has 1 fully saturated rings. The predicted molar refractivity (Wildman–Crippen MR) is 117 cm³/mol. The maximum Gasteiger partial charge on any atom is 0.0214 e. The zero-order valence-electron chi connectivity index (χ0n) is 19.2. The molecule has 0 saturated heterocycles. The maximum atomic E-state index is 3.74. The molecule has 5 unspecified atom stereocenters. The molecule has 0 bridgehead atoms. The van der Waals surface area contributed by atoms with Crippen molar-refractivity contribution in [2.75, 3.05) is 13.6 Å². The molecule has 1 aliphatic rings. The first-order valence-electron chi connectivity index (χ1n) is 11.8. The Balaban J connectivity index is 2.45. The molecule has 2 heteroatoms. The highest BCUT2D eigenvalue weighted by molar-refractivity contribution is 4.89. The van der Waals surface area contributed by atoms with Crippen LogP contribution >= 0.6 is 0 Å². The summed E-state index contributed by atoms with van der Waals surface area (Å²) in [6, 6.07) is 0.610. The molecule has 0 radical (unpaired) electrons. The van der Waals surface area contributed by atoms with E-state index in [1.807, 2.05) is 0 Å². The van der Waals surface area contributed by atoms with Crippen LogP contribution in [0.5, 0.6) is 0 Å². The Morgan fingerprint density at radius 3 is 2.46 bits per heavy atom. The van der Waals surface area contributed by atoms with Crippen molar-refractivity contribution in [2.45, 2.75) is 118 Å². The summed E-state index contributed by atoms with van der Waals surface area (Å²) in [6.45, 7) is 15.6. The molecule has 0 aromatic carbocycles. The van der Waals surface area contributed by atoms with Gasteiger partial charge >= 0.3 is 0 Å². The molecule has 156 valence electrons. The third-order valence-corrected chi connectivity index (χ3v) is 7.65. The topological polar surface area (TPSA) is 15.3 Å². The monoisotopic (exact) mass is 366 g/mol. The molecule has 1 aliphatic carbocycles. The number of hydrogen-bond donors (Lipinski definition) is 1. The Morgan fingerprint density at radius 1 is 1.15 bits per heavy atom. The van der Waals surface area contributed by atoms with Crippen molar-refractivity contribution in [1.29, 1.82) is 0 Å². The Hall–Kier alpha value is -0.0800. The van der Waals surface area contributed by atoms with Crippen LogP contribution in [0, 0.1) is 23.2 Å². The van der Waals surface area contributed by atoms with Crippen LogP contribution in [0.2, 0.25) is 0 Å². The van der Waals surface area contributed by atoms with Gasteiger partial charge in [0.15, 0.2) is 0 Å². The van der Waals surface area contributed by atoms with Crippen LogP contribution in [-0.2, 0) is 0 Å². The molecule has 5 atom stereocenters. The minimum atomic E-state index is 0.596. The van der Waals surface area contributed by atoms with Crippen LogP contribution in [0.3, 0.4) is 0 Å². The van der Waals surface area contributed by atoms with E-state index in [1.54, 1.807) is 0 Å². The maximum absolute atomic E-state index is 3.74. The van der Waals surface area contributed by atoms with Gasteiger partial charge in [-0.05, 0) is 55.8 Å². The average molecular weight is 367 g/mol. The first kappa shape index (κ1) is 24.0. The lowest BCUT2D eigenvalue weighted by atomic mass is 9.61. The molecule has 0 amide bonds. The van der Waals surface area contributed by atoms with Crippen molar-refractivity contribution in [3.63, 3.8) is 0 Å². The largest absolute Gasteiger partial charge is 0.255 e. The molecule has 1 N–H and O–H groups in total. The number of hydrogen-bond acceptors (Lipinski definition) is 2. The highest BCUT2D eigenvalue weighted by atomic mass is 15.5. The fraction of sp³-hybridized carbons (Fsp3) is 1.00. The lowest BCUT2D eigenvalue weighted by molar-refractivity contribution is 0.0426. The van der Waals surface area contributed by atoms with Crippen molar-refractivity contribution in [2.24, 2.45) is 23.2 Å². The molecular weight excluding hydrogens is 316 g/mol.